The van der Waals surface area contributed by atoms with Gasteiger partial charge >= 0.3 is 0 Å². The molecular formula is C19H28N4O2. The SMILES string of the molecule is CC(C)N1CCC[C@@]2(CCN(C(=O)C3(Cn4ccnc4)CC3)C2)C1=O. The molecule has 0 bridgehead atoms. The minimum absolute atomic E-state index is 0.241. The quantitative estimate of drug-likeness (QED) is 0.838. The maximum atomic E-state index is 13.2. The van der Waals surface area contributed by atoms with Gasteiger partial charge in [0.2, 0.25) is 11.8 Å². The normalized spacial score (nSPS) is 28.2. The van der Waals surface area contributed by atoms with Gasteiger partial charge in [-0.2, -0.15) is 0 Å². The predicted octanol–water partition coefficient (Wildman–Crippen LogP) is 1.91. The lowest BCUT2D eigenvalue weighted by Gasteiger charge is -2.41. The molecule has 2 aliphatic heterocycles. The standard InChI is InChI=1S/C19H28N4O2/c1-15(2)23-9-3-4-18(17(23)25)7-10-22(13-18)16(24)19(5-6-19)12-21-11-8-20-14-21/h8,11,14-15H,3-7,9-10,12-13H2,1-2H3/t18-/m0/s1. The molecule has 1 atom stereocenters. The molecule has 3 heterocycles. The van der Waals surface area contributed by atoms with Gasteiger partial charge in [0.15, 0.2) is 0 Å². The zero-order valence-electron chi connectivity index (χ0n) is 15.3. The van der Waals surface area contributed by atoms with Crippen molar-refractivity contribution >= 4 is 11.8 Å². The Kier molecular flexibility index (Phi) is 3.89. The monoisotopic (exact) mass is 344 g/mol. The van der Waals surface area contributed by atoms with Crippen LogP contribution in [0.1, 0.15) is 46.0 Å². The van der Waals surface area contributed by atoms with E-state index in [0.29, 0.717) is 13.1 Å². The van der Waals surface area contributed by atoms with Crippen LogP contribution in [-0.2, 0) is 16.1 Å². The molecule has 2 amide bonds. The highest BCUT2D eigenvalue weighted by molar-refractivity contribution is 5.89. The molecule has 3 fully saturated rings. The van der Waals surface area contributed by atoms with E-state index < -0.39 is 0 Å². The summed E-state index contributed by atoms with van der Waals surface area (Å²) in [6.07, 6.45) is 10.1. The van der Waals surface area contributed by atoms with Crippen LogP contribution in [0, 0.1) is 10.8 Å². The number of piperidine rings is 1. The van der Waals surface area contributed by atoms with Gasteiger partial charge in [0, 0.05) is 44.6 Å². The number of aromatic nitrogens is 2. The minimum Gasteiger partial charge on any atom is -0.341 e. The van der Waals surface area contributed by atoms with E-state index in [1.807, 2.05) is 20.6 Å². The second kappa shape index (κ2) is 5.85. The molecule has 0 radical (unpaired) electrons. The summed E-state index contributed by atoms with van der Waals surface area (Å²) in [5, 5.41) is 0. The maximum absolute atomic E-state index is 13.2. The molecule has 1 spiro atoms. The second-order valence-electron chi connectivity index (χ2n) is 8.47. The molecule has 0 unspecified atom stereocenters. The third-order valence-electron chi connectivity index (χ3n) is 6.38. The van der Waals surface area contributed by atoms with Crippen molar-refractivity contribution in [3.8, 4) is 0 Å². The summed E-state index contributed by atoms with van der Waals surface area (Å²) < 4.78 is 2.00. The van der Waals surface area contributed by atoms with Gasteiger partial charge in [-0.3, -0.25) is 9.59 Å². The first-order valence-corrected chi connectivity index (χ1v) is 9.52. The zero-order valence-corrected chi connectivity index (χ0v) is 15.3. The van der Waals surface area contributed by atoms with Crippen molar-refractivity contribution in [3.63, 3.8) is 0 Å². The summed E-state index contributed by atoms with van der Waals surface area (Å²) in [7, 11) is 0. The molecule has 1 aliphatic carbocycles. The molecule has 1 aromatic heterocycles. The van der Waals surface area contributed by atoms with Gasteiger partial charge in [-0.25, -0.2) is 4.98 Å². The number of carbonyl (C=O) groups excluding carboxylic acids is 2. The van der Waals surface area contributed by atoms with Crippen LogP contribution in [0.5, 0.6) is 0 Å². The van der Waals surface area contributed by atoms with Crippen LogP contribution in [0.2, 0.25) is 0 Å². The minimum atomic E-state index is -0.330. The van der Waals surface area contributed by atoms with Crippen molar-refractivity contribution in [2.75, 3.05) is 19.6 Å². The lowest BCUT2D eigenvalue weighted by Crippen LogP contribution is -2.53. The molecule has 0 N–H and O–H groups in total. The lowest BCUT2D eigenvalue weighted by molar-refractivity contribution is -0.148. The fourth-order valence-corrected chi connectivity index (χ4v) is 4.67. The zero-order chi connectivity index (χ0) is 17.7. The molecule has 0 aromatic carbocycles. The van der Waals surface area contributed by atoms with Crippen molar-refractivity contribution in [1.82, 2.24) is 19.4 Å². The third kappa shape index (κ3) is 2.75. The maximum Gasteiger partial charge on any atom is 0.230 e. The number of imidazole rings is 1. The number of hydrogen-bond donors (Lipinski definition) is 0. The summed E-state index contributed by atoms with van der Waals surface area (Å²) in [5.41, 5.74) is -0.592. The van der Waals surface area contributed by atoms with Gasteiger partial charge in [-0.1, -0.05) is 0 Å². The first-order valence-electron chi connectivity index (χ1n) is 9.52. The molecule has 1 saturated carbocycles. The fraction of sp³-hybridized carbons (Fsp3) is 0.737. The van der Waals surface area contributed by atoms with Crippen LogP contribution >= 0.6 is 0 Å². The highest BCUT2D eigenvalue weighted by atomic mass is 16.2. The Hall–Kier alpha value is -1.85. The Morgan fingerprint density at radius 2 is 2.04 bits per heavy atom. The van der Waals surface area contributed by atoms with Crippen LogP contribution in [0.3, 0.4) is 0 Å². The van der Waals surface area contributed by atoms with E-state index in [0.717, 1.165) is 45.2 Å². The Bertz CT molecular complexity index is 665. The summed E-state index contributed by atoms with van der Waals surface area (Å²) in [4.78, 5) is 34.3. The van der Waals surface area contributed by atoms with Crippen molar-refractivity contribution in [2.45, 2.75) is 58.5 Å². The first-order chi connectivity index (χ1) is 12.0. The molecule has 136 valence electrons. The van der Waals surface area contributed by atoms with Gasteiger partial charge in [0.1, 0.15) is 0 Å². The van der Waals surface area contributed by atoms with E-state index in [1.54, 1.807) is 12.5 Å². The Balaban J connectivity index is 1.47. The molecule has 6 nitrogen and oxygen atoms in total. The Morgan fingerprint density at radius 1 is 1.24 bits per heavy atom. The molecule has 25 heavy (non-hydrogen) atoms. The third-order valence-corrected chi connectivity index (χ3v) is 6.38. The number of carbonyl (C=O) groups is 2. The van der Waals surface area contributed by atoms with Gasteiger partial charge in [0.25, 0.3) is 0 Å². The van der Waals surface area contributed by atoms with Gasteiger partial charge in [0.05, 0.1) is 17.2 Å². The summed E-state index contributed by atoms with van der Waals surface area (Å²) in [5.74, 6) is 0.510. The summed E-state index contributed by atoms with van der Waals surface area (Å²) >= 11 is 0. The first kappa shape index (κ1) is 16.6. The lowest BCUT2D eigenvalue weighted by atomic mass is 9.78. The van der Waals surface area contributed by atoms with Crippen LogP contribution in [0.4, 0.5) is 0 Å². The Morgan fingerprint density at radius 3 is 2.68 bits per heavy atom. The second-order valence-corrected chi connectivity index (χ2v) is 8.47. The number of nitrogens with zero attached hydrogens (tertiary/aromatic N) is 4. The summed E-state index contributed by atoms with van der Waals surface area (Å²) in [6.45, 7) is 7.07. The van der Waals surface area contributed by atoms with Crippen LogP contribution in [-0.4, -0.2) is 56.8 Å². The number of likely N-dealkylation sites (tertiary alicyclic amines) is 2. The molecule has 1 aromatic rings. The van der Waals surface area contributed by atoms with Crippen LogP contribution < -0.4 is 0 Å². The van der Waals surface area contributed by atoms with Gasteiger partial charge in [-0.05, 0) is 46.0 Å². The molecule has 4 rings (SSSR count). The molecular weight excluding hydrogens is 316 g/mol. The van der Waals surface area contributed by atoms with E-state index in [9.17, 15) is 9.59 Å². The fourth-order valence-electron chi connectivity index (χ4n) is 4.67. The van der Waals surface area contributed by atoms with E-state index in [1.165, 1.54) is 0 Å². The highest BCUT2D eigenvalue weighted by Crippen LogP contribution is 2.51. The van der Waals surface area contributed by atoms with Crippen molar-refractivity contribution < 1.29 is 9.59 Å². The highest BCUT2D eigenvalue weighted by Gasteiger charge is 2.56. The predicted molar refractivity (Wildman–Crippen MR) is 93.6 cm³/mol. The van der Waals surface area contributed by atoms with Crippen molar-refractivity contribution in [3.05, 3.63) is 18.7 Å². The van der Waals surface area contributed by atoms with Crippen LogP contribution in [0.25, 0.3) is 0 Å². The van der Waals surface area contributed by atoms with Crippen LogP contribution in [0.15, 0.2) is 18.7 Å². The number of hydrogen-bond acceptors (Lipinski definition) is 3. The van der Waals surface area contributed by atoms with Gasteiger partial charge < -0.3 is 14.4 Å². The van der Waals surface area contributed by atoms with Crippen molar-refractivity contribution in [2.24, 2.45) is 10.8 Å². The average molecular weight is 344 g/mol. The van der Waals surface area contributed by atoms with E-state index in [-0.39, 0.29) is 28.7 Å². The number of rotatable bonds is 4. The van der Waals surface area contributed by atoms with Gasteiger partial charge in [-0.15, -0.1) is 0 Å². The van der Waals surface area contributed by atoms with Crippen molar-refractivity contribution in [1.29, 1.82) is 0 Å². The topological polar surface area (TPSA) is 58.4 Å². The van der Waals surface area contributed by atoms with E-state index in [2.05, 4.69) is 18.8 Å². The van der Waals surface area contributed by atoms with E-state index >= 15 is 0 Å². The van der Waals surface area contributed by atoms with E-state index in [4.69, 9.17) is 0 Å². The Labute approximate surface area is 149 Å². The summed E-state index contributed by atoms with van der Waals surface area (Å²) in [6, 6.07) is 0.241. The smallest absolute Gasteiger partial charge is 0.230 e. The molecule has 2 saturated heterocycles. The molecule has 3 aliphatic rings. The number of amides is 2. The largest absolute Gasteiger partial charge is 0.341 e. The average Bonchev–Trinajstić information content (AvgIpc) is 2.99. The molecule has 6 heteroatoms.